The molecule has 0 aliphatic carbocycles. The fourth-order valence-electron chi connectivity index (χ4n) is 2.05. The molecule has 0 amide bonds. The van der Waals surface area contributed by atoms with Crippen LogP contribution < -0.4 is 0 Å². The molecule has 1 N–H and O–H groups in total. The molecule has 100 valence electrons. The average molecular weight is 284 g/mol. The average Bonchev–Trinajstić information content (AvgIpc) is 3.09. The van der Waals surface area contributed by atoms with Crippen LogP contribution in [0.1, 0.15) is 15.2 Å². The van der Waals surface area contributed by atoms with E-state index in [0.29, 0.717) is 11.4 Å². The Kier molecular flexibility index (Phi) is 3.35. The molecule has 5 heteroatoms. The van der Waals surface area contributed by atoms with Crippen molar-refractivity contribution in [1.29, 1.82) is 0 Å². The number of aromatic nitrogens is 2. The molecule has 0 saturated carbocycles. The summed E-state index contributed by atoms with van der Waals surface area (Å²) in [6.45, 7) is 0.470. The van der Waals surface area contributed by atoms with Gasteiger partial charge in [0.25, 0.3) is 0 Å². The first-order chi connectivity index (χ1) is 9.74. The number of aromatic carboxylic acids is 1. The Morgan fingerprint density at radius 2 is 2.00 bits per heavy atom. The quantitative estimate of drug-likeness (QED) is 0.799. The van der Waals surface area contributed by atoms with Crippen LogP contribution >= 0.6 is 11.3 Å². The van der Waals surface area contributed by atoms with Crippen molar-refractivity contribution in [3.8, 4) is 11.1 Å². The van der Waals surface area contributed by atoms with E-state index in [0.717, 1.165) is 16.7 Å². The minimum Gasteiger partial charge on any atom is -0.477 e. The van der Waals surface area contributed by atoms with Crippen LogP contribution in [0.5, 0.6) is 0 Å². The van der Waals surface area contributed by atoms with E-state index in [9.17, 15) is 4.79 Å². The van der Waals surface area contributed by atoms with E-state index in [2.05, 4.69) is 5.10 Å². The van der Waals surface area contributed by atoms with Gasteiger partial charge in [-0.25, -0.2) is 4.79 Å². The Balaban J connectivity index is 1.84. The molecule has 0 atom stereocenters. The van der Waals surface area contributed by atoms with Gasteiger partial charge in [-0.15, -0.1) is 11.3 Å². The standard InChI is InChI=1S/C15H12N2O2S/c18-15(19)14-12(6-7-20-14)9-17-10-13(8-16-17)11-4-2-1-3-5-11/h1-8,10H,9H2,(H,18,19). The molecule has 2 aromatic heterocycles. The Morgan fingerprint density at radius 3 is 2.75 bits per heavy atom. The number of thiophene rings is 1. The van der Waals surface area contributed by atoms with Gasteiger partial charge in [-0.2, -0.15) is 5.10 Å². The highest BCUT2D eigenvalue weighted by atomic mass is 32.1. The molecule has 3 aromatic rings. The maximum atomic E-state index is 11.1. The van der Waals surface area contributed by atoms with Crippen LogP contribution in [0.2, 0.25) is 0 Å². The van der Waals surface area contributed by atoms with Gasteiger partial charge in [0.1, 0.15) is 4.88 Å². The molecule has 0 spiro atoms. The molecule has 0 bridgehead atoms. The second-order valence-electron chi connectivity index (χ2n) is 4.37. The van der Waals surface area contributed by atoms with Crippen molar-refractivity contribution < 1.29 is 9.90 Å². The van der Waals surface area contributed by atoms with Gasteiger partial charge >= 0.3 is 5.97 Å². The molecule has 0 unspecified atom stereocenters. The van der Waals surface area contributed by atoms with Gasteiger partial charge < -0.3 is 5.11 Å². The zero-order valence-electron chi connectivity index (χ0n) is 10.6. The van der Waals surface area contributed by atoms with Crippen molar-refractivity contribution in [2.45, 2.75) is 6.54 Å². The van der Waals surface area contributed by atoms with Crippen LogP contribution in [0.15, 0.2) is 54.2 Å². The second-order valence-corrected chi connectivity index (χ2v) is 5.29. The van der Waals surface area contributed by atoms with Crippen molar-refractivity contribution in [3.05, 3.63) is 64.6 Å². The van der Waals surface area contributed by atoms with E-state index < -0.39 is 5.97 Å². The first kappa shape index (κ1) is 12.6. The van der Waals surface area contributed by atoms with Crippen LogP contribution in [-0.4, -0.2) is 20.9 Å². The number of carboxylic acids is 1. The number of hydrogen-bond donors (Lipinski definition) is 1. The molecule has 1 aromatic carbocycles. The van der Waals surface area contributed by atoms with Gasteiger partial charge in [0.2, 0.25) is 0 Å². The summed E-state index contributed by atoms with van der Waals surface area (Å²) in [5, 5.41) is 15.2. The van der Waals surface area contributed by atoms with Gasteiger partial charge in [-0.1, -0.05) is 30.3 Å². The highest BCUT2D eigenvalue weighted by Crippen LogP contribution is 2.20. The number of hydrogen-bond acceptors (Lipinski definition) is 3. The Morgan fingerprint density at radius 1 is 1.20 bits per heavy atom. The minimum atomic E-state index is -0.884. The van der Waals surface area contributed by atoms with Crippen LogP contribution in [0, 0.1) is 0 Å². The molecule has 0 aliphatic rings. The first-order valence-electron chi connectivity index (χ1n) is 6.11. The summed E-state index contributed by atoms with van der Waals surface area (Å²) in [4.78, 5) is 11.5. The summed E-state index contributed by atoms with van der Waals surface area (Å²) in [6, 6.07) is 11.8. The third kappa shape index (κ3) is 2.48. The minimum absolute atomic E-state index is 0.377. The summed E-state index contributed by atoms with van der Waals surface area (Å²) in [5.41, 5.74) is 2.91. The summed E-state index contributed by atoms with van der Waals surface area (Å²) < 4.78 is 1.76. The largest absolute Gasteiger partial charge is 0.477 e. The van der Waals surface area contributed by atoms with E-state index in [4.69, 9.17) is 5.11 Å². The number of benzene rings is 1. The van der Waals surface area contributed by atoms with Gasteiger partial charge in [0.15, 0.2) is 0 Å². The fraction of sp³-hybridized carbons (Fsp3) is 0.0667. The molecule has 3 rings (SSSR count). The van der Waals surface area contributed by atoms with Gasteiger partial charge in [0.05, 0.1) is 12.7 Å². The number of carboxylic acid groups (broad SMARTS) is 1. The Hall–Kier alpha value is -2.40. The van der Waals surface area contributed by atoms with Crippen molar-refractivity contribution in [2.24, 2.45) is 0 Å². The fourth-order valence-corrected chi connectivity index (χ4v) is 2.81. The number of rotatable bonds is 4. The van der Waals surface area contributed by atoms with E-state index in [1.807, 2.05) is 42.6 Å². The summed E-state index contributed by atoms with van der Waals surface area (Å²) in [6.07, 6.45) is 3.72. The van der Waals surface area contributed by atoms with Crippen LogP contribution in [-0.2, 0) is 6.54 Å². The molecule has 0 fully saturated rings. The molecule has 4 nitrogen and oxygen atoms in total. The van der Waals surface area contributed by atoms with E-state index in [1.165, 1.54) is 11.3 Å². The van der Waals surface area contributed by atoms with E-state index in [-0.39, 0.29) is 0 Å². The molecule has 0 saturated heterocycles. The summed E-state index contributed by atoms with van der Waals surface area (Å²) in [7, 11) is 0. The predicted molar refractivity (Wildman–Crippen MR) is 78.0 cm³/mol. The lowest BCUT2D eigenvalue weighted by atomic mass is 10.1. The smallest absolute Gasteiger partial charge is 0.346 e. The molecule has 0 radical (unpaired) electrons. The highest BCUT2D eigenvalue weighted by molar-refractivity contribution is 7.12. The first-order valence-corrected chi connectivity index (χ1v) is 6.99. The number of carbonyl (C=O) groups is 1. The molecular formula is C15H12N2O2S. The summed E-state index contributed by atoms with van der Waals surface area (Å²) >= 11 is 1.24. The lowest BCUT2D eigenvalue weighted by Crippen LogP contribution is -2.04. The SMILES string of the molecule is O=C(O)c1sccc1Cn1cc(-c2ccccc2)cn1. The van der Waals surface area contributed by atoms with Crippen molar-refractivity contribution >= 4 is 17.3 Å². The molecular weight excluding hydrogens is 272 g/mol. The maximum Gasteiger partial charge on any atom is 0.346 e. The lowest BCUT2D eigenvalue weighted by molar-refractivity contribution is 0.0701. The van der Waals surface area contributed by atoms with Crippen LogP contribution in [0.4, 0.5) is 0 Å². The zero-order valence-corrected chi connectivity index (χ0v) is 11.4. The third-order valence-corrected chi connectivity index (χ3v) is 3.96. The Bertz CT molecular complexity index is 731. The van der Waals surface area contributed by atoms with Gasteiger partial charge in [-0.3, -0.25) is 4.68 Å². The maximum absolute atomic E-state index is 11.1. The number of nitrogens with zero attached hydrogens (tertiary/aromatic N) is 2. The van der Waals surface area contributed by atoms with Gasteiger partial charge in [-0.05, 0) is 22.6 Å². The highest BCUT2D eigenvalue weighted by Gasteiger charge is 2.12. The third-order valence-electron chi connectivity index (χ3n) is 3.01. The van der Waals surface area contributed by atoms with Crippen LogP contribution in [0.3, 0.4) is 0 Å². The van der Waals surface area contributed by atoms with E-state index >= 15 is 0 Å². The Labute approximate surface area is 119 Å². The lowest BCUT2D eigenvalue weighted by Gasteiger charge is -2.01. The monoisotopic (exact) mass is 284 g/mol. The van der Waals surface area contributed by atoms with Crippen LogP contribution in [0.25, 0.3) is 11.1 Å². The topological polar surface area (TPSA) is 55.1 Å². The van der Waals surface area contributed by atoms with Crippen molar-refractivity contribution in [2.75, 3.05) is 0 Å². The molecule has 2 heterocycles. The molecule has 0 aliphatic heterocycles. The van der Waals surface area contributed by atoms with Crippen molar-refractivity contribution in [1.82, 2.24) is 9.78 Å². The summed E-state index contributed by atoms with van der Waals surface area (Å²) in [5.74, 6) is -0.884. The van der Waals surface area contributed by atoms with Gasteiger partial charge in [0, 0.05) is 11.8 Å². The zero-order chi connectivity index (χ0) is 13.9. The van der Waals surface area contributed by atoms with Crippen molar-refractivity contribution in [3.63, 3.8) is 0 Å². The normalized spacial score (nSPS) is 10.6. The predicted octanol–water partition coefficient (Wildman–Crippen LogP) is 3.36. The molecule has 20 heavy (non-hydrogen) atoms. The van der Waals surface area contributed by atoms with E-state index in [1.54, 1.807) is 16.3 Å². The second kappa shape index (κ2) is 5.30.